The van der Waals surface area contributed by atoms with Gasteiger partial charge in [0.15, 0.2) is 0 Å². The topological polar surface area (TPSA) is 41.1 Å². The van der Waals surface area contributed by atoms with E-state index in [1.165, 1.54) is 16.7 Å². The normalized spacial score (nSPS) is 20.4. The average Bonchev–Trinajstić information content (AvgIpc) is 2.54. The fourth-order valence-electron chi connectivity index (χ4n) is 3.32. The van der Waals surface area contributed by atoms with E-state index in [1.807, 2.05) is 0 Å². The van der Waals surface area contributed by atoms with Gasteiger partial charge in [-0.1, -0.05) is 35.9 Å². The molecule has 0 fully saturated rings. The number of fused-ring (bicyclic) bond motifs is 1. The second-order valence-electron chi connectivity index (χ2n) is 6.17. The highest BCUT2D eigenvalue weighted by atomic mass is 35.5. The van der Waals surface area contributed by atoms with Crippen LogP contribution in [-0.4, -0.2) is 25.5 Å². The molecule has 1 atom stereocenters. The Balaban J connectivity index is 0.00000176. The van der Waals surface area contributed by atoms with E-state index in [1.54, 1.807) is 0 Å². The van der Waals surface area contributed by atoms with Gasteiger partial charge in [0, 0.05) is 19.5 Å². The molecule has 0 saturated heterocycles. The molecule has 2 aliphatic rings. The van der Waals surface area contributed by atoms with Crippen LogP contribution in [0.1, 0.15) is 30.4 Å². The van der Waals surface area contributed by atoms with Gasteiger partial charge < -0.3 is 10.6 Å². The Bertz CT molecular complexity index is 542. The first-order valence-corrected chi connectivity index (χ1v) is 8.03. The lowest BCUT2D eigenvalue weighted by atomic mass is 9.82. The minimum absolute atomic E-state index is 0. The third kappa shape index (κ3) is 4.59. The van der Waals surface area contributed by atoms with Crippen molar-refractivity contribution in [3.05, 3.63) is 47.0 Å². The summed E-state index contributed by atoms with van der Waals surface area (Å²) in [5.41, 5.74) is 4.26. The number of halogens is 1. The van der Waals surface area contributed by atoms with Crippen LogP contribution in [0.3, 0.4) is 0 Å². The lowest BCUT2D eigenvalue weighted by molar-refractivity contribution is -0.121. The molecule has 22 heavy (non-hydrogen) atoms. The van der Waals surface area contributed by atoms with Crippen LogP contribution in [-0.2, 0) is 17.6 Å². The van der Waals surface area contributed by atoms with Crippen LogP contribution in [0.15, 0.2) is 35.9 Å². The number of hydrogen-bond donors (Lipinski definition) is 2. The summed E-state index contributed by atoms with van der Waals surface area (Å²) in [6.07, 6.45) is 7.22. The summed E-state index contributed by atoms with van der Waals surface area (Å²) < 4.78 is 0. The molecule has 2 N–H and O–H groups in total. The summed E-state index contributed by atoms with van der Waals surface area (Å²) in [6, 6.07) is 8.64. The van der Waals surface area contributed by atoms with E-state index in [0.29, 0.717) is 12.3 Å². The Morgan fingerprint density at radius 3 is 2.82 bits per heavy atom. The molecule has 120 valence electrons. The third-order valence-electron chi connectivity index (χ3n) is 4.59. The van der Waals surface area contributed by atoms with Crippen LogP contribution in [0, 0.1) is 5.92 Å². The Hall–Kier alpha value is -1.32. The zero-order valence-corrected chi connectivity index (χ0v) is 13.8. The van der Waals surface area contributed by atoms with Crippen molar-refractivity contribution in [3.8, 4) is 0 Å². The van der Waals surface area contributed by atoms with E-state index in [2.05, 4.69) is 41.0 Å². The molecular weight excluding hydrogens is 296 g/mol. The second-order valence-corrected chi connectivity index (χ2v) is 6.17. The third-order valence-corrected chi connectivity index (χ3v) is 4.59. The van der Waals surface area contributed by atoms with Crippen molar-refractivity contribution in [2.24, 2.45) is 5.92 Å². The predicted molar refractivity (Wildman–Crippen MR) is 92.4 cm³/mol. The lowest BCUT2D eigenvalue weighted by Gasteiger charge is -2.24. The van der Waals surface area contributed by atoms with Crippen molar-refractivity contribution in [2.75, 3.05) is 19.6 Å². The Morgan fingerprint density at radius 2 is 2.05 bits per heavy atom. The van der Waals surface area contributed by atoms with Crippen molar-refractivity contribution in [2.45, 2.75) is 32.1 Å². The number of rotatable bonds is 4. The van der Waals surface area contributed by atoms with Crippen molar-refractivity contribution in [3.63, 3.8) is 0 Å². The molecule has 3 rings (SSSR count). The molecule has 1 aromatic carbocycles. The summed E-state index contributed by atoms with van der Waals surface area (Å²) in [5.74, 6) is 0.709. The molecular formula is C18H25ClN2O. The van der Waals surface area contributed by atoms with Gasteiger partial charge in [0.2, 0.25) is 5.91 Å². The first-order valence-electron chi connectivity index (χ1n) is 8.03. The average molecular weight is 321 g/mol. The standard InChI is InChI=1S/C18H24N2O.ClH/c21-18(20-13-14-7-9-19-10-8-14)12-15-5-6-16-3-1-2-4-17(16)11-15;/h1-4,7,15,19H,5-6,8-13H2,(H,20,21);1H. The number of benzene rings is 1. The highest BCUT2D eigenvalue weighted by molar-refractivity contribution is 5.85. The SMILES string of the molecule is Cl.O=C(CC1CCc2ccccc2C1)NCC1=CCNCC1. The van der Waals surface area contributed by atoms with E-state index in [-0.39, 0.29) is 18.3 Å². The van der Waals surface area contributed by atoms with E-state index >= 15 is 0 Å². The summed E-state index contributed by atoms with van der Waals surface area (Å²) >= 11 is 0. The molecule has 3 nitrogen and oxygen atoms in total. The molecule has 1 aromatic rings. The van der Waals surface area contributed by atoms with E-state index in [0.717, 1.165) is 45.3 Å². The van der Waals surface area contributed by atoms with Gasteiger partial charge in [0.1, 0.15) is 0 Å². The Morgan fingerprint density at radius 1 is 1.23 bits per heavy atom. The van der Waals surface area contributed by atoms with Crippen LogP contribution in [0.5, 0.6) is 0 Å². The number of hydrogen-bond acceptors (Lipinski definition) is 2. The number of nitrogens with one attached hydrogen (secondary N) is 2. The van der Waals surface area contributed by atoms with Gasteiger partial charge in [-0.05, 0) is 49.3 Å². The summed E-state index contributed by atoms with van der Waals surface area (Å²) in [6.45, 7) is 2.69. The molecule has 0 bridgehead atoms. The van der Waals surface area contributed by atoms with Crippen molar-refractivity contribution in [1.82, 2.24) is 10.6 Å². The Kier molecular flexibility index (Phi) is 6.47. The number of carbonyl (C=O) groups excluding carboxylic acids is 1. The quantitative estimate of drug-likeness (QED) is 0.837. The van der Waals surface area contributed by atoms with E-state index < -0.39 is 0 Å². The summed E-state index contributed by atoms with van der Waals surface area (Å²) in [7, 11) is 0. The minimum atomic E-state index is 0. The zero-order valence-electron chi connectivity index (χ0n) is 12.9. The van der Waals surface area contributed by atoms with E-state index in [9.17, 15) is 4.79 Å². The molecule has 1 amide bonds. The molecule has 1 aliphatic heterocycles. The maximum Gasteiger partial charge on any atom is 0.220 e. The second kappa shape index (κ2) is 8.35. The summed E-state index contributed by atoms with van der Waals surface area (Å²) in [4.78, 5) is 12.1. The van der Waals surface area contributed by atoms with Crippen LogP contribution >= 0.6 is 12.4 Å². The van der Waals surface area contributed by atoms with Gasteiger partial charge in [0.05, 0.1) is 0 Å². The smallest absolute Gasteiger partial charge is 0.220 e. The van der Waals surface area contributed by atoms with E-state index in [4.69, 9.17) is 0 Å². The van der Waals surface area contributed by atoms with Crippen LogP contribution in [0.25, 0.3) is 0 Å². The molecule has 0 aromatic heterocycles. The monoisotopic (exact) mass is 320 g/mol. The maximum absolute atomic E-state index is 12.1. The molecule has 1 heterocycles. The van der Waals surface area contributed by atoms with Crippen molar-refractivity contribution >= 4 is 18.3 Å². The highest BCUT2D eigenvalue weighted by Crippen LogP contribution is 2.27. The molecule has 1 unspecified atom stereocenters. The fraction of sp³-hybridized carbons (Fsp3) is 0.500. The van der Waals surface area contributed by atoms with Gasteiger partial charge >= 0.3 is 0 Å². The minimum Gasteiger partial charge on any atom is -0.352 e. The van der Waals surface area contributed by atoms with Crippen LogP contribution in [0.4, 0.5) is 0 Å². The van der Waals surface area contributed by atoms with Crippen LogP contribution < -0.4 is 10.6 Å². The number of aryl methyl sites for hydroxylation is 1. The molecule has 0 spiro atoms. The number of amides is 1. The molecule has 0 radical (unpaired) electrons. The number of carbonyl (C=O) groups is 1. The Labute approximate surface area is 139 Å². The molecule has 0 saturated carbocycles. The van der Waals surface area contributed by atoms with Crippen molar-refractivity contribution < 1.29 is 4.79 Å². The maximum atomic E-state index is 12.1. The largest absolute Gasteiger partial charge is 0.352 e. The van der Waals surface area contributed by atoms with Gasteiger partial charge in [-0.3, -0.25) is 4.79 Å². The molecule has 4 heteroatoms. The molecule has 1 aliphatic carbocycles. The summed E-state index contributed by atoms with van der Waals surface area (Å²) in [5, 5.41) is 6.38. The van der Waals surface area contributed by atoms with Gasteiger partial charge in [-0.15, -0.1) is 12.4 Å². The zero-order chi connectivity index (χ0) is 14.5. The van der Waals surface area contributed by atoms with Gasteiger partial charge in [-0.2, -0.15) is 0 Å². The van der Waals surface area contributed by atoms with Gasteiger partial charge in [0.25, 0.3) is 0 Å². The van der Waals surface area contributed by atoms with Gasteiger partial charge in [-0.25, -0.2) is 0 Å². The first-order chi connectivity index (χ1) is 10.3. The van der Waals surface area contributed by atoms with Crippen molar-refractivity contribution in [1.29, 1.82) is 0 Å². The first kappa shape index (κ1) is 17.0. The highest BCUT2D eigenvalue weighted by Gasteiger charge is 2.20. The lowest BCUT2D eigenvalue weighted by Crippen LogP contribution is -2.31. The van der Waals surface area contributed by atoms with Crippen LogP contribution in [0.2, 0.25) is 0 Å². The predicted octanol–water partition coefficient (Wildman–Crippen LogP) is 2.64. The fourth-order valence-corrected chi connectivity index (χ4v) is 3.32.